The molecule has 0 aliphatic heterocycles. The molecule has 2 atom stereocenters. The van der Waals surface area contributed by atoms with Crippen LogP contribution in [0.15, 0.2) is 36.5 Å². The van der Waals surface area contributed by atoms with E-state index in [-0.39, 0.29) is 12.3 Å². The topological polar surface area (TPSA) is 104 Å². The first-order valence-electron chi connectivity index (χ1n) is 19.7. The van der Waals surface area contributed by atoms with Crippen molar-refractivity contribution in [1.82, 2.24) is 5.32 Å². The Morgan fingerprint density at radius 2 is 0.915 bits per heavy atom. The second kappa shape index (κ2) is 34.4. The molecule has 0 fully saturated rings. The van der Waals surface area contributed by atoms with Gasteiger partial charge in [-0.2, -0.15) is 8.42 Å². The second-order valence-corrected chi connectivity index (χ2v) is 15.0. The molecule has 3 N–H and O–H groups in total. The van der Waals surface area contributed by atoms with E-state index >= 15 is 0 Å². The molecular weight excluding hydrogens is 607 g/mol. The molecule has 0 aromatic rings. The van der Waals surface area contributed by atoms with Gasteiger partial charge in [-0.25, -0.2) is 0 Å². The second-order valence-electron chi connectivity index (χ2n) is 13.5. The van der Waals surface area contributed by atoms with Gasteiger partial charge in [-0.1, -0.05) is 166 Å². The molecule has 0 heterocycles. The van der Waals surface area contributed by atoms with Crippen molar-refractivity contribution >= 4 is 16.0 Å². The summed E-state index contributed by atoms with van der Waals surface area (Å²) in [6.07, 6.45) is 44.1. The fourth-order valence-corrected chi connectivity index (χ4v) is 6.55. The number of allylic oxidation sites excluding steroid dienone is 5. The Bertz CT molecular complexity index is 883. The number of hydrogen-bond acceptors (Lipinski definition) is 4. The van der Waals surface area contributed by atoms with Crippen molar-refractivity contribution in [1.29, 1.82) is 0 Å². The largest absolute Gasteiger partial charge is 0.387 e. The van der Waals surface area contributed by atoms with Gasteiger partial charge in [-0.05, 0) is 57.8 Å². The van der Waals surface area contributed by atoms with Gasteiger partial charge in [0.25, 0.3) is 10.1 Å². The zero-order valence-electron chi connectivity index (χ0n) is 30.7. The van der Waals surface area contributed by atoms with Crippen molar-refractivity contribution in [2.45, 2.75) is 206 Å². The smallest absolute Gasteiger partial charge is 0.267 e. The van der Waals surface area contributed by atoms with E-state index in [4.69, 9.17) is 0 Å². The highest BCUT2D eigenvalue weighted by atomic mass is 32.2. The van der Waals surface area contributed by atoms with Gasteiger partial charge in [0.05, 0.1) is 17.9 Å². The molecular formula is C40H75NO5S. The maximum absolute atomic E-state index is 12.5. The summed E-state index contributed by atoms with van der Waals surface area (Å²) in [5.74, 6) is -1.01. The summed E-state index contributed by atoms with van der Waals surface area (Å²) in [6.45, 7) is 4.51. The van der Waals surface area contributed by atoms with Crippen LogP contribution in [0, 0.1) is 0 Å². The fourth-order valence-electron chi connectivity index (χ4n) is 5.81. The number of rotatable bonds is 35. The van der Waals surface area contributed by atoms with Crippen molar-refractivity contribution in [3.8, 4) is 0 Å². The molecule has 0 aromatic heterocycles. The number of amides is 1. The van der Waals surface area contributed by atoms with Crippen LogP contribution in [-0.2, 0) is 14.9 Å². The Hall–Kier alpha value is -1.44. The van der Waals surface area contributed by atoms with Crippen LogP contribution in [0.2, 0.25) is 0 Å². The first-order chi connectivity index (χ1) is 22.8. The number of aliphatic hydroxyl groups excluding tert-OH is 1. The van der Waals surface area contributed by atoms with Gasteiger partial charge in [0.1, 0.15) is 0 Å². The molecule has 1 amide bonds. The average Bonchev–Trinajstić information content (AvgIpc) is 3.03. The van der Waals surface area contributed by atoms with E-state index in [1.807, 2.05) is 6.08 Å². The van der Waals surface area contributed by atoms with Gasteiger partial charge in [0.15, 0.2) is 0 Å². The van der Waals surface area contributed by atoms with Crippen LogP contribution in [-0.4, -0.2) is 41.9 Å². The Morgan fingerprint density at radius 3 is 1.34 bits per heavy atom. The lowest BCUT2D eigenvalue weighted by molar-refractivity contribution is -0.122. The molecule has 6 nitrogen and oxygen atoms in total. The van der Waals surface area contributed by atoms with Crippen molar-refractivity contribution in [2.24, 2.45) is 0 Å². The first kappa shape index (κ1) is 45.6. The SMILES string of the molecule is CCCCCCCCC/C=C\CCCCCCCC(=O)NC(CS(=O)(=O)O)C(O)/C=C/CC/C=C/CCCCCCCCCCCC. The lowest BCUT2D eigenvalue weighted by atomic mass is 10.1. The minimum atomic E-state index is -4.35. The van der Waals surface area contributed by atoms with Crippen LogP contribution in [0.4, 0.5) is 0 Å². The molecule has 0 aliphatic carbocycles. The lowest BCUT2D eigenvalue weighted by Crippen LogP contribution is -2.46. The van der Waals surface area contributed by atoms with Crippen LogP contribution in [0.3, 0.4) is 0 Å². The highest BCUT2D eigenvalue weighted by Crippen LogP contribution is 2.13. The van der Waals surface area contributed by atoms with Crippen molar-refractivity contribution in [2.75, 3.05) is 5.75 Å². The molecule has 276 valence electrons. The highest BCUT2D eigenvalue weighted by molar-refractivity contribution is 7.85. The number of carbonyl (C=O) groups excluding carboxylic acids is 1. The third-order valence-corrected chi connectivity index (χ3v) is 9.57. The van der Waals surface area contributed by atoms with Crippen molar-refractivity contribution < 1.29 is 22.9 Å². The van der Waals surface area contributed by atoms with E-state index in [1.54, 1.807) is 0 Å². The summed E-state index contributed by atoms with van der Waals surface area (Å²) in [5.41, 5.74) is 0. The normalized spacial score (nSPS) is 13.7. The van der Waals surface area contributed by atoms with Crippen LogP contribution in [0.1, 0.15) is 194 Å². The maximum Gasteiger partial charge on any atom is 0.267 e. The van der Waals surface area contributed by atoms with Gasteiger partial charge in [-0.3, -0.25) is 9.35 Å². The number of hydrogen-bond donors (Lipinski definition) is 3. The molecule has 0 aliphatic rings. The third kappa shape index (κ3) is 35.7. The summed E-state index contributed by atoms with van der Waals surface area (Å²) in [5, 5.41) is 13.2. The number of nitrogens with one attached hydrogen (secondary N) is 1. The van der Waals surface area contributed by atoms with E-state index in [9.17, 15) is 22.9 Å². The molecule has 0 saturated carbocycles. The summed E-state index contributed by atoms with van der Waals surface area (Å²) >= 11 is 0. The van der Waals surface area contributed by atoms with Gasteiger partial charge in [0, 0.05) is 6.42 Å². The van der Waals surface area contributed by atoms with Crippen molar-refractivity contribution in [3.05, 3.63) is 36.5 Å². The molecule has 0 radical (unpaired) electrons. The molecule has 2 unspecified atom stereocenters. The lowest BCUT2D eigenvalue weighted by Gasteiger charge is -2.21. The third-order valence-electron chi connectivity index (χ3n) is 8.79. The summed E-state index contributed by atoms with van der Waals surface area (Å²) in [4.78, 5) is 12.5. The van der Waals surface area contributed by atoms with Crippen LogP contribution in [0.5, 0.6) is 0 Å². The van der Waals surface area contributed by atoms with Gasteiger partial charge in [0.2, 0.25) is 5.91 Å². The minimum absolute atomic E-state index is 0.278. The Kier molecular flexibility index (Phi) is 33.4. The predicted molar refractivity (Wildman–Crippen MR) is 202 cm³/mol. The zero-order valence-corrected chi connectivity index (χ0v) is 31.5. The summed E-state index contributed by atoms with van der Waals surface area (Å²) < 4.78 is 32.4. The van der Waals surface area contributed by atoms with E-state index in [1.165, 1.54) is 122 Å². The van der Waals surface area contributed by atoms with Crippen LogP contribution < -0.4 is 5.32 Å². The number of aliphatic hydroxyl groups is 1. The minimum Gasteiger partial charge on any atom is -0.387 e. The van der Waals surface area contributed by atoms with E-state index in [0.29, 0.717) is 6.42 Å². The molecule has 0 aromatic carbocycles. The van der Waals surface area contributed by atoms with E-state index in [2.05, 4.69) is 43.5 Å². The predicted octanol–water partition coefficient (Wildman–Crippen LogP) is 11.4. The summed E-state index contributed by atoms with van der Waals surface area (Å²) in [6, 6.07) is -1.08. The van der Waals surface area contributed by atoms with Crippen LogP contribution in [0.25, 0.3) is 0 Å². The van der Waals surface area contributed by atoms with E-state index in [0.717, 1.165) is 51.4 Å². The Balaban J connectivity index is 4.01. The monoisotopic (exact) mass is 682 g/mol. The van der Waals surface area contributed by atoms with Gasteiger partial charge < -0.3 is 10.4 Å². The first-order valence-corrected chi connectivity index (χ1v) is 21.3. The van der Waals surface area contributed by atoms with Gasteiger partial charge >= 0.3 is 0 Å². The fraction of sp³-hybridized carbons (Fsp3) is 0.825. The number of carbonyl (C=O) groups is 1. The van der Waals surface area contributed by atoms with Gasteiger partial charge in [-0.15, -0.1) is 0 Å². The molecule has 7 heteroatoms. The zero-order chi connectivity index (χ0) is 34.7. The maximum atomic E-state index is 12.5. The molecule has 0 saturated heterocycles. The molecule has 0 rings (SSSR count). The highest BCUT2D eigenvalue weighted by Gasteiger charge is 2.24. The average molecular weight is 682 g/mol. The van der Waals surface area contributed by atoms with Crippen LogP contribution >= 0.6 is 0 Å². The standard InChI is InChI=1S/C40H75NO5S/c1-3-5-7-9-11-13-15-17-19-21-23-25-27-29-31-33-35-39(42)38(37-47(44,45)46)41-40(43)36-34-32-30-28-26-24-22-20-18-16-14-12-10-8-6-4-2/h20,22,25,27,33,35,38-39,42H,3-19,21,23-24,26,28-32,34,36-37H2,1-2H3,(H,41,43)(H,44,45,46)/b22-20-,27-25+,35-33+. The molecule has 0 bridgehead atoms. The molecule has 47 heavy (non-hydrogen) atoms. The quantitative estimate of drug-likeness (QED) is 0.0351. The molecule has 0 spiro atoms. The summed E-state index contributed by atoms with van der Waals surface area (Å²) in [7, 11) is -4.35. The Morgan fingerprint density at radius 1 is 0.553 bits per heavy atom. The van der Waals surface area contributed by atoms with E-state index < -0.39 is 28.0 Å². The Labute approximate surface area is 291 Å². The van der Waals surface area contributed by atoms with Crippen molar-refractivity contribution in [3.63, 3.8) is 0 Å². The number of unbranched alkanes of at least 4 members (excludes halogenated alkanes) is 23.